The molecule has 2 heterocycles. The van der Waals surface area contributed by atoms with E-state index in [1.807, 2.05) is 9.97 Å². The quantitative estimate of drug-likeness (QED) is 0.230. The molecular weight excluding hydrogens is 460 g/mol. The van der Waals surface area contributed by atoms with Gasteiger partial charge in [0.2, 0.25) is 11.8 Å². The Bertz CT molecular complexity index is 1640. The molecule has 0 aliphatic heterocycles. The summed E-state index contributed by atoms with van der Waals surface area (Å²) in [6.45, 7) is 0. The molecule has 0 radical (unpaired) electrons. The summed E-state index contributed by atoms with van der Waals surface area (Å²) in [4.78, 5) is 53.0. The van der Waals surface area contributed by atoms with Gasteiger partial charge in [-0.3, -0.25) is 19.6 Å². The molecule has 2 aromatic carbocycles. The van der Waals surface area contributed by atoms with Gasteiger partial charge in [0, 0.05) is 12.1 Å². The number of rotatable bonds is 4. The second kappa shape index (κ2) is 8.81. The second-order valence-electron chi connectivity index (χ2n) is 7.16. The van der Waals surface area contributed by atoms with Crippen LogP contribution in [0.3, 0.4) is 0 Å². The van der Waals surface area contributed by atoms with Crippen LogP contribution in [0, 0.1) is 0 Å². The lowest BCUT2D eigenvalue weighted by Gasteiger charge is -2.10. The molecule has 6 N–H and O–H groups in total. The highest BCUT2D eigenvalue weighted by atomic mass is 16.3. The van der Waals surface area contributed by atoms with Gasteiger partial charge in [-0.15, -0.1) is 5.73 Å². The Kier molecular flexibility index (Phi) is 5.71. The maximum absolute atomic E-state index is 12.3. The van der Waals surface area contributed by atoms with E-state index in [2.05, 4.69) is 5.73 Å². The number of hydrogen-bond acceptors (Lipinski definition) is 8. The number of aromatic nitrogens is 4. The fourth-order valence-corrected chi connectivity index (χ4v) is 3.29. The van der Waals surface area contributed by atoms with Crippen molar-refractivity contribution in [3.8, 4) is 34.6 Å². The van der Waals surface area contributed by atoms with Crippen molar-refractivity contribution >= 4 is 12.2 Å². The average molecular weight is 476 g/mol. The molecule has 35 heavy (non-hydrogen) atoms. The molecule has 0 unspecified atom stereocenters. The van der Waals surface area contributed by atoms with E-state index in [-0.39, 0.29) is 22.9 Å². The van der Waals surface area contributed by atoms with E-state index >= 15 is 0 Å². The number of aromatic hydroxyl groups is 4. The summed E-state index contributed by atoms with van der Waals surface area (Å²) < 4.78 is 1.47. The monoisotopic (exact) mass is 476 g/mol. The summed E-state index contributed by atoms with van der Waals surface area (Å²) in [5.74, 6) is -1.91. The third-order valence-electron chi connectivity index (χ3n) is 4.87. The van der Waals surface area contributed by atoms with Gasteiger partial charge >= 0.3 is 11.4 Å². The summed E-state index contributed by atoms with van der Waals surface area (Å²) in [6, 6.07) is 10.7. The molecule has 0 saturated heterocycles. The van der Waals surface area contributed by atoms with Crippen molar-refractivity contribution < 1.29 is 20.4 Å². The van der Waals surface area contributed by atoms with E-state index in [0.717, 1.165) is 21.3 Å². The van der Waals surface area contributed by atoms with E-state index in [9.17, 15) is 39.6 Å². The summed E-state index contributed by atoms with van der Waals surface area (Å²) in [5.41, 5.74) is -2.10. The molecular formula is C23H16N4O8. The minimum absolute atomic E-state index is 0.0645. The molecule has 0 aliphatic carbocycles. The first-order chi connectivity index (χ1) is 16.7. The predicted molar refractivity (Wildman–Crippen MR) is 124 cm³/mol. The maximum Gasteiger partial charge on any atom is 0.335 e. The van der Waals surface area contributed by atoms with E-state index in [4.69, 9.17) is 0 Å². The molecule has 0 spiro atoms. The van der Waals surface area contributed by atoms with E-state index < -0.39 is 45.4 Å². The van der Waals surface area contributed by atoms with Crippen molar-refractivity contribution in [3.05, 3.63) is 107 Å². The lowest BCUT2D eigenvalue weighted by Crippen LogP contribution is -2.30. The van der Waals surface area contributed by atoms with Crippen LogP contribution in [-0.4, -0.2) is 39.5 Å². The molecule has 2 aromatic heterocycles. The van der Waals surface area contributed by atoms with Crippen molar-refractivity contribution in [1.29, 1.82) is 0 Å². The molecule has 0 atom stereocenters. The average Bonchev–Trinajstić information content (AvgIpc) is 2.77. The molecule has 176 valence electrons. The Labute approximate surface area is 193 Å². The van der Waals surface area contributed by atoms with Crippen molar-refractivity contribution in [2.45, 2.75) is 0 Å². The van der Waals surface area contributed by atoms with Crippen LogP contribution in [0.1, 0.15) is 11.1 Å². The molecule has 0 bridgehead atoms. The highest BCUT2D eigenvalue weighted by Gasteiger charge is 2.15. The van der Waals surface area contributed by atoms with Crippen LogP contribution in [0.25, 0.3) is 23.5 Å². The van der Waals surface area contributed by atoms with Crippen LogP contribution in [0.2, 0.25) is 0 Å². The Hall–Kier alpha value is -5.48. The summed E-state index contributed by atoms with van der Waals surface area (Å²) >= 11 is 0. The lowest BCUT2D eigenvalue weighted by molar-refractivity contribution is 0.428. The van der Waals surface area contributed by atoms with Gasteiger partial charge in [0.05, 0.1) is 11.4 Å². The summed E-state index contributed by atoms with van der Waals surface area (Å²) in [6.07, 6.45) is 1.91. The zero-order valence-corrected chi connectivity index (χ0v) is 17.6. The third-order valence-corrected chi connectivity index (χ3v) is 4.87. The van der Waals surface area contributed by atoms with Crippen LogP contribution in [0.4, 0.5) is 0 Å². The normalized spacial score (nSPS) is 10.5. The van der Waals surface area contributed by atoms with Gasteiger partial charge < -0.3 is 20.4 Å². The summed E-state index contributed by atoms with van der Waals surface area (Å²) in [7, 11) is 0. The molecule has 4 rings (SSSR count). The number of hydrogen-bond donors (Lipinski definition) is 6. The first kappa shape index (κ1) is 22.7. The van der Waals surface area contributed by atoms with Crippen LogP contribution >= 0.6 is 0 Å². The molecule has 12 nitrogen and oxygen atoms in total. The Morgan fingerprint density at radius 2 is 1.06 bits per heavy atom. The largest absolute Gasteiger partial charge is 0.508 e. The van der Waals surface area contributed by atoms with E-state index in [1.165, 1.54) is 48.5 Å². The Morgan fingerprint density at radius 3 is 1.43 bits per heavy atom. The number of nitrogens with one attached hydrogen (secondary N) is 2. The van der Waals surface area contributed by atoms with E-state index in [1.54, 1.807) is 0 Å². The van der Waals surface area contributed by atoms with Crippen LogP contribution in [-0.2, 0) is 0 Å². The van der Waals surface area contributed by atoms with Gasteiger partial charge in [0.15, 0.2) is 0 Å². The SMILES string of the molecule is O=c1[nH]c(=O)n(-c2cccc(O)c2)c(O)c1C=C=Cc1c(O)n(-c2cccc(O)c2)c(=O)[nH]c1=O. The van der Waals surface area contributed by atoms with Gasteiger partial charge in [-0.2, -0.15) is 0 Å². The van der Waals surface area contributed by atoms with E-state index in [0.29, 0.717) is 0 Å². The highest BCUT2D eigenvalue weighted by molar-refractivity contribution is 5.62. The van der Waals surface area contributed by atoms with Crippen molar-refractivity contribution in [3.63, 3.8) is 0 Å². The highest BCUT2D eigenvalue weighted by Crippen LogP contribution is 2.22. The molecule has 0 saturated carbocycles. The number of nitrogens with zero attached hydrogens (tertiary/aromatic N) is 2. The topological polar surface area (TPSA) is 191 Å². The standard InChI is InChI=1S/C23H16N4O8/c28-14-6-1-4-12(10-14)26-20(32)16(18(30)24-22(26)34)8-3-9-17-19(31)25-23(35)27(21(17)33)13-5-2-7-15(29)11-13/h1-2,4-11,28-29,32-33H,(H,24,30,34)(H,25,31,35). The van der Waals surface area contributed by atoms with Gasteiger partial charge in [0.25, 0.3) is 11.1 Å². The molecule has 0 fully saturated rings. The van der Waals surface area contributed by atoms with Crippen LogP contribution in [0.15, 0.2) is 73.4 Å². The van der Waals surface area contributed by atoms with Gasteiger partial charge in [0.1, 0.15) is 22.6 Å². The number of H-pyrrole nitrogens is 2. The maximum atomic E-state index is 12.3. The van der Waals surface area contributed by atoms with Gasteiger partial charge in [-0.05, 0) is 36.4 Å². The number of phenols is 2. The van der Waals surface area contributed by atoms with Crippen LogP contribution < -0.4 is 22.5 Å². The molecule has 0 aliphatic rings. The van der Waals surface area contributed by atoms with Crippen LogP contribution in [0.5, 0.6) is 23.3 Å². The molecule has 0 amide bonds. The first-order valence-electron chi connectivity index (χ1n) is 9.85. The number of aromatic amines is 2. The van der Waals surface area contributed by atoms with Crippen molar-refractivity contribution in [2.75, 3.05) is 0 Å². The predicted octanol–water partition coefficient (Wildman–Crippen LogP) is 0.513. The minimum atomic E-state index is -0.966. The van der Waals surface area contributed by atoms with Crippen molar-refractivity contribution in [1.82, 2.24) is 19.1 Å². The number of phenolic OH excluding ortho intramolecular Hbond substituents is 2. The smallest absolute Gasteiger partial charge is 0.335 e. The first-order valence-corrected chi connectivity index (χ1v) is 9.85. The minimum Gasteiger partial charge on any atom is -0.508 e. The number of benzene rings is 2. The van der Waals surface area contributed by atoms with Crippen molar-refractivity contribution in [2.24, 2.45) is 0 Å². The summed E-state index contributed by atoms with van der Waals surface area (Å²) in [5, 5.41) is 40.4. The second-order valence-corrected chi connectivity index (χ2v) is 7.16. The Balaban J connectivity index is 1.85. The fraction of sp³-hybridized carbons (Fsp3) is 0. The van der Waals surface area contributed by atoms with Gasteiger partial charge in [-0.25, -0.2) is 18.7 Å². The molecule has 4 aromatic rings. The fourth-order valence-electron chi connectivity index (χ4n) is 3.29. The zero-order chi connectivity index (χ0) is 25.3. The third kappa shape index (κ3) is 4.27. The molecule has 12 heteroatoms. The Morgan fingerprint density at radius 1 is 0.657 bits per heavy atom. The zero-order valence-electron chi connectivity index (χ0n) is 17.6. The van der Waals surface area contributed by atoms with Gasteiger partial charge in [-0.1, -0.05) is 12.1 Å². The lowest BCUT2D eigenvalue weighted by atomic mass is 10.2.